The largest absolute Gasteiger partial charge is 0.368 e. The molecule has 1 fully saturated rings. The first-order chi connectivity index (χ1) is 11.3. The summed E-state index contributed by atoms with van der Waals surface area (Å²) in [5, 5.41) is 2.68. The van der Waals surface area contributed by atoms with E-state index in [4.69, 9.17) is 5.73 Å². The third-order valence-electron chi connectivity index (χ3n) is 4.35. The number of rotatable bonds is 6. The number of aryl methyl sites for hydroxylation is 1. The summed E-state index contributed by atoms with van der Waals surface area (Å²) in [5.41, 5.74) is 7.52. The lowest BCUT2D eigenvalue weighted by Gasteiger charge is -2.21. The molecule has 0 unspecified atom stereocenters. The van der Waals surface area contributed by atoms with Gasteiger partial charge in [0.05, 0.1) is 5.92 Å². The van der Waals surface area contributed by atoms with Gasteiger partial charge >= 0.3 is 0 Å². The molecule has 2 rings (SSSR count). The highest BCUT2D eigenvalue weighted by Crippen LogP contribution is 2.21. The molecule has 6 heteroatoms. The number of nitrogens with zero attached hydrogens (tertiary/aromatic N) is 1. The maximum absolute atomic E-state index is 12.4. The molecule has 0 spiro atoms. The number of nitrogens with one attached hydrogen (secondary N) is 1. The molecule has 0 bridgehead atoms. The Hall–Kier alpha value is -2.37. The van der Waals surface area contributed by atoms with Gasteiger partial charge in [0, 0.05) is 19.5 Å². The van der Waals surface area contributed by atoms with Crippen LogP contribution in [0.3, 0.4) is 0 Å². The van der Waals surface area contributed by atoms with Crippen LogP contribution in [-0.4, -0.2) is 35.2 Å². The second-order valence-electron chi connectivity index (χ2n) is 6.79. The fourth-order valence-corrected chi connectivity index (χ4v) is 2.85. The number of primary amides is 1. The Kier molecular flexibility index (Phi) is 5.59. The lowest BCUT2D eigenvalue weighted by Crippen LogP contribution is -2.49. The Labute approximate surface area is 142 Å². The quantitative estimate of drug-likeness (QED) is 0.813. The minimum atomic E-state index is -0.709. The Bertz CT molecular complexity index is 625. The second-order valence-corrected chi connectivity index (χ2v) is 6.79. The van der Waals surface area contributed by atoms with E-state index in [0.717, 1.165) is 11.1 Å². The Morgan fingerprint density at radius 1 is 1.29 bits per heavy atom. The smallest absolute Gasteiger partial charge is 0.240 e. The van der Waals surface area contributed by atoms with Gasteiger partial charge in [0.15, 0.2) is 0 Å². The van der Waals surface area contributed by atoms with Gasteiger partial charge in [-0.15, -0.1) is 0 Å². The molecule has 6 nitrogen and oxygen atoms in total. The molecule has 0 saturated carbocycles. The first-order valence-corrected chi connectivity index (χ1v) is 8.21. The summed E-state index contributed by atoms with van der Waals surface area (Å²) in [6, 6.07) is 7.26. The van der Waals surface area contributed by atoms with Gasteiger partial charge in [-0.05, 0) is 18.4 Å². The number of carbonyl (C=O) groups is 3. The Balaban J connectivity index is 1.97. The maximum Gasteiger partial charge on any atom is 0.240 e. The van der Waals surface area contributed by atoms with Gasteiger partial charge in [0.25, 0.3) is 0 Å². The summed E-state index contributed by atoms with van der Waals surface area (Å²) in [4.78, 5) is 37.6. The van der Waals surface area contributed by atoms with Gasteiger partial charge in [0.2, 0.25) is 17.7 Å². The van der Waals surface area contributed by atoms with Crippen molar-refractivity contribution in [2.24, 2.45) is 17.6 Å². The summed E-state index contributed by atoms with van der Waals surface area (Å²) < 4.78 is 0. The zero-order valence-corrected chi connectivity index (χ0v) is 14.4. The summed E-state index contributed by atoms with van der Waals surface area (Å²) in [5.74, 6) is -1.42. The van der Waals surface area contributed by atoms with Crippen LogP contribution >= 0.6 is 0 Å². The van der Waals surface area contributed by atoms with Gasteiger partial charge in [-0.25, -0.2) is 0 Å². The molecule has 1 aliphatic rings. The van der Waals surface area contributed by atoms with Crippen molar-refractivity contribution in [3.8, 4) is 0 Å². The molecule has 24 heavy (non-hydrogen) atoms. The minimum Gasteiger partial charge on any atom is -0.368 e. The second kappa shape index (κ2) is 7.47. The average molecular weight is 331 g/mol. The van der Waals surface area contributed by atoms with E-state index in [2.05, 4.69) is 5.32 Å². The van der Waals surface area contributed by atoms with Crippen molar-refractivity contribution < 1.29 is 14.4 Å². The van der Waals surface area contributed by atoms with Crippen LogP contribution in [0.5, 0.6) is 0 Å². The van der Waals surface area contributed by atoms with Crippen LogP contribution in [0.4, 0.5) is 0 Å². The minimum absolute atomic E-state index is 0.0455. The molecule has 1 aromatic carbocycles. The van der Waals surface area contributed by atoms with Crippen LogP contribution in [0.15, 0.2) is 24.3 Å². The summed E-state index contributed by atoms with van der Waals surface area (Å²) in [7, 11) is 0. The fourth-order valence-electron chi connectivity index (χ4n) is 2.85. The number of hydrogen-bond acceptors (Lipinski definition) is 3. The lowest BCUT2D eigenvalue weighted by atomic mass is 10.0. The number of hydrogen-bond donors (Lipinski definition) is 2. The normalized spacial score (nSPS) is 18.8. The van der Waals surface area contributed by atoms with Crippen molar-refractivity contribution in [2.75, 3.05) is 6.54 Å². The van der Waals surface area contributed by atoms with Crippen molar-refractivity contribution in [3.63, 3.8) is 0 Å². The molecule has 1 heterocycles. The maximum atomic E-state index is 12.4. The summed E-state index contributed by atoms with van der Waals surface area (Å²) >= 11 is 0. The molecule has 1 aliphatic heterocycles. The van der Waals surface area contributed by atoms with E-state index in [0.29, 0.717) is 13.1 Å². The van der Waals surface area contributed by atoms with Crippen molar-refractivity contribution in [2.45, 2.75) is 39.8 Å². The van der Waals surface area contributed by atoms with E-state index >= 15 is 0 Å². The topological polar surface area (TPSA) is 92.5 Å². The zero-order chi connectivity index (χ0) is 17.9. The SMILES string of the molecule is Cc1ccc(CN2C[C@H](C(=O)N[C@H](C(N)=O)C(C)C)CC2=O)cc1. The molecule has 1 aromatic rings. The van der Waals surface area contributed by atoms with Crippen molar-refractivity contribution in [1.29, 1.82) is 0 Å². The van der Waals surface area contributed by atoms with E-state index in [1.165, 1.54) is 0 Å². The predicted molar refractivity (Wildman–Crippen MR) is 90.7 cm³/mol. The monoisotopic (exact) mass is 331 g/mol. The zero-order valence-electron chi connectivity index (χ0n) is 14.4. The Morgan fingerprint density at radius 2 is 1.92 bits per heavy atom. The molecule has 3 amide bonds. The van der Waals surface area contributed by atoms with Gasteiger partial charge < -0.3 is 16.0 Å². The van der Waals surface area contributed by atoms with Crippen LogP contribution in [0.2, 0.25) is 0 Å². The third kappa shape index (κ3) is 4.34. The number of amides is 3. The lowest BCUT2D eigenvalue weighted by molar-refractivity contribution is -0.131. The van der Waals surface area contributed by atoms with Crippen LogP contribution in [-0.2, 0) is 20.9 Å². The van der Waals surface area contributed by atoms with E-state index in [1.807, 2.05) is 45.0 Å². The standard InChI is InChI=1S/C18H25N3O3/c1-11(2)16(17(19)23)20-18(24)14-8-15(22)21(10-14)9-13-6-4-12(3)5-7-13/h4-7,11,14,16H,8-10H2,1-3H3,(H2,19,23)(H,20,24)/t14-,16+/m1/s1. The van der Waals surface area contributed by atoms with Gasteiger partial charge in [0.1, 0.15) is 6.04 Å². The number of likely N-dealkylation sites (tertiary alicyclic amines) is 1. The van der Waals surface area contributed by atoms with Crippen LogP contribution in [0.25, 0.3) is 0 Å². The first kappa shape index (κ1) is 18.0. The molecule has 0 aromatic heterocycles. The fraction of sp³-hybridized carbons (Fsp3) is 0.500. The molecular weight excluding hydrogens is 306 g/mol. The molecular formula is C18H25N3O3. The summed E-state index contributed by atoms with van der Waals surface area (Å²) in [6.07, 6.45) is 0.168. The predicted octanol–water partition coefficient (Wildman–Crippen LogP) is 0.970. The van der Waals surface area contributed by atoms with Crippen molar-refractivity contribution >= 4 is 17.7 Å². The van der Waals surface area contributed by atoms with Gasteiger partial charge in [-0.1, -0.05) is 43.7 Å². The van der Waals surface area contributed by atoms with E-state index in [1.54, 1.807) is 4.90 Å². The Morgan fingerprint density at radius 3 is 2.46 bits per heavy atom. The van der Waals surface area contributed by atoms with Crippen molar-refractivity contribution in [3.05, 3.63) is 35.4 Å². The first-order valence-electron chi connectivity index (χ1n) is 8.21. The molecule has 0 radical (unpaired) electrons. The highest BCUT2D eigenvalue weighted by molar-refractivity contribution is 5.92. The van der Waals surface area contributed by atoms with E-state index in [9.17, 15) is 14.4 Å². The van der Waals surface area contributed by atoms with Crippen LogP contribution < -0.4 is 11.1 Å². The van der Waals surface area contributed by atoms with Crippen LogP contribution in [0, 0.1) is 18.8 Å². The molecule has 130 valence electrons. The molecule has 3 N–H and O–H groups in total. The molecule has 1 saturated heterocycles. The number of benzene rings is 1. The van der Waals surface area contributed by atoms with E-state index < -0.39 is 17.9 Å². The molecule has 0 aliphatic carbocycles. The van der Waals surface area contributed by atoms with Gasteiger partial charge in [-0.2, -0.15) is 0 Å². The van der Waals surface area contributed by atoms with Crippen molar-refractivity contribution in [1.82, 2.24) is 10.2 Å². The molecule has 2 atom stereocenters. The average Bonchev–Trinajstić information content (AvgIpc) is 2.87. The summed E-state index contributed by atoms with van der Waals surface area (Å²) in [6.45, 7) is 6.50. The van der Waals surface area contributed by atoms with Gasteiger partial charge in [-0.3, -0.25) is 14.4 Å². The number of carbonyl (C=O) groups excluding carboxylic acids is 3. The third-order valence-corrected chi connectivity index (χ3v) is 4.35. The van der Waals surface area contributed by atoms with Crippen LogP contribution in [0.1, 0.15) is 31.4 Å². The highest BCUT2D eigenvalue weighted by Gasteiger charge is 2.36. The highest BCUT2D eigenvalue weighted by atomic mass is 16.2. The van der Waals surface area contributed by atoms with E-state index in [-0.39, 0.29) is 24.2 Å². The number of nitrogens with two attached hydrogens (primary N) is 1.